The van der Waals surface area contributed by atoms with E-state index in [4.69, 9.17) is 9.84 Å². The Balaban J connectivity index is 3.67. The molecule has 0 aromatic rings. The number of carboxylic acid groups (broad SMARTS) is 1. The average molecular weight is 235 g/mol. The Morgan fingerprint density at radius 3 is 2.67 bits per heavy atom. The molecule has 6 heteroatoms. The molecule has 15 heavy (non-hydrogen) atoms. The Morgan fingerprint density at radius 2 is 2.20 bits per heavy atom. The van der Waals surface area contributed by atoms with Crippen LogP contribution in [0.15, 0.2) is 0 Å². The first-order valence-electron chi connectivity index (χ1n) is 4.73. The van der Waals surface area contributed by atoms with E-state index in [2.05, 4.69) is 5.32 Å². The van der Waals surface area contributed by atoms with E-state index in [-0.39, 0.29) is 5.91 Å². The minimum absolute atomic E-state index is 0.326. The highest BCUT2D eigenvalue weighted by Gasteiger charge is 2.17. The molecular formula is C9H17NO4S. The van der Waals surface area contributed by atoms with Crippen LogP contribution in [0.3, 0.4) is 0 Å². The third-order valence-electron chi connectivity index (χ3n) is 1.54. The molecule has 0 bridgehead atoms. The lowest BCUT2D eigenvalue weighted by Gasteiger charge is -2.12. The number of carbonyl (C=O) groups excluding carboxylic acids is 1. The van der Waals surface area contributed by atoms with Crippen LogP contribution in [0.4, 0.5) is 0 Å². The first-order valence-corrected chi connectivity index (χ1v) is 5.88. The van der Waals surface area contributed by atoms with Crippen molar-refractivity contribution in [2.45, 2.75) is 19.9 Å². The zero-order valence-electron chi connectivity index (χ0n) is 8.99. The zero-order chi connectivity index (χ0) is 11.7. The summed E-state index contributed by atoms with van der Waals surface area (Å²) in [7, 11) is 0. The maximum atomic E-state index is 10.7. The van der Waals surface area contributed by atoms with Gasteiger partial charge in [-0.25, -0.2) is 4.79 Å². The van der Waals surface area contributed by atoms with Crippen molar-refractivity contribution in [2.24, 2.45) is 0 Å². The number of carboxylic acids is 1. The molecule has 0 saturated heterocycles. The van der Waals surface area contributed by atoms with Crippen molar-refractivity contribution in [3.05, 3.63) is 0 Å². The molecule has 0 aliphatic carbocycles. The van der Waals surface area contributed by atoms with Crippen LogP contribution in [0, 0.1) is 0 Å². The van der Waals surface area contributed by atoms with Crippen molar-refractivity contribution in [2.75, 3.05) is 24.7 Å². The molecule has 0 fully saturated rings. The number of aliphatic carboxylic acids is 1. The fourth-order valence-corrected chi connectivity index (χ4v) is 1.75. The number of ether oxygens (including phenoxy) is 1. The molecule has 0 radical (unpaired) electrons. The molecular weight excluding hydrogens is 218 g/mol. The molecule has 0 aliphatic rings. The Bertz CT molecular complexity index is 210. The molecule has 88 valence electrons. The highest BCUT2D eigenvalue weighted by atomic mass is 32.2. The van der Waals surface area contributed by atoms with Crippen molar-refractivity contribution >= 4 is 23.6 Å². The zero-order valence-corrected chi connectivity index (χ0v) is 9.80. The summed E-state index contributed by atoms with van der Waals surface area (Å²) in [5.41, 5.74) is 0. The van der Waals surface area contributed by atoms with Gasteiger partial charge in [0.25, 0.3) is 0 Å². The standard InChI is InChI=1S/C9H17NO4S/c1-3-14-4-5-15-6-8(9(12)13)10-7(2)11/h8H,3-6H2,1-2H3,(H,10,11)(H,12,13)/t8-/m0/s1. The minimum Gasteiger partial charge on any atom is -0.480 e. The normalized spacial score (nSPS) is 12.1. The van der Waals surface area contributed by atoms with Gasteiger partial charge in [0.15, 0.2) is 0 Å². The molecule has 1 atom stereocenters. The lowest BCUT2D eigenvalue weighted by atomic mass is 10.3. The van der Waals surface area contributed by atoms with E-state index in [1.54, 1.807) is 0 Å². The molecule has 0 rings (SSSR count). The van der Waals surface area contributed by atoms with Crippen LogP contribution in [0.25, 0.3) is 0 Å². The fraction of sp³-hybridized carbons (Fsp3) is 0.778. The third-order valence-corrected chi connectivity index (χ3v) is 2.56. The maximum Gasteiger partial charge on any atom is 0.327 e. The van der Waals surface area contributed by atoms with Crippen LogP contribution in [0.2, 0.25) is 0 Å². The number of thioether (sulfide) groups is 1. The summed E-state index contributed by atoms with van der Waals surface area (Å²) < 4.78 is 5.10. The first kappa shape index (κ1) is 14.2. The lowest BCUT2D eigenvalue weighted by Crippen LogP contribution is -2.41. The van der Waals surface area contributed by atoms with E-state index in [1.165, 1.54) is 18.7 Å². The van der Waals surface area contributed by atoms with Gasteiger partial charge >= 0.3 is 5.97 Å². The Kier molecular flexibility index (Phi) is 8.12. The van der Waals surface area contributed by atoms with Crippen LogP contribution in [-0.2, 0) is 14.3 Å². The topological polar surface area (TPSA) is 75.6 Å². The van der Waals surface area contributed by atoms with E-state index in [0.717, 1.165) is 5.75 Å². The van der Waals surface area contributed by atoms with Gasteiger partial charge in [0.1, 0.15) is 6.04 Å². The smallest absolute Gasteiger partial charge is 0.327 e. The Morgan fingerprint density at radius 1 is 1.53 bits per heavy atom. The van der Waals surface area contributed by atoms with Gasteiger partial charge in [0.05, 0.1) is 6.61 Å². The van der Waals surface area contributed by atoms with Crippen molar-refractivity contribution in [3.8, 4) is 0 Å². The van der Waals surface area contributed by atoms with E-state index in [0.29, 0.717) is 19.0 Å². The van der Waals surface area contributed by atoms with Crippen molar-refractivity contribution < 1.29 is 19.4 Å². The number of hydrogen-bond acceptors (Lipinski definition) is 4. The van der Waals surface area contributed by atoms with Gasteiger partial charge in [-0.1, -0.05) is 0 Å². The summed E-state index contributed by atoms with van der Waals surface area (Å²) in [6.45, 7) is 4.48. The number of rotatable bonds is 8. The molecule has 0 heterocycles. The summed E-state index contributed by atoms with van der Waals surface area (Å²) in [5, 5.41) is 11.1. The predicted octanol–water partition coefficient (Wildman–Crippen LogP) is 0.345. The van der Waals surface area contributed by atoms with E-state index >= 15 is 0 Å². The van der Waals surface area contributed by atoms with Crippen LogP contribution < -0.4 is 5.32 Å². The lowest BCUT2D eigenvalue weighted by molar-refractivity contribution is -0.140. The second-order valence-electron chi connectivity index (χ2n) is 2.86. The van der Waals surface area contributed by atoms with Crippen molar-refractivity contribution in [3.63, 3.8) is 0 Å². The Labute approximate surface area is 93.6 Å². The van der Waals surface area contributed by atoms with Gasteiger partial charge < -0.3 is 15.2 Å². The molecule has 0 aliphatic heterocycles. The third kappa shape index (κ3) is 8.26. The van der Waals surface area contributed by atoms with Crippen molar-refractivity contribution in [1.29, 1.82) is 0 Å². The molecule has 5 nitrogen and oxygen atoms in total. The van der Waals surface area contributed by atoms with E-state index < -0.39 is 12.0 Å². The largest absolute Gasteiger partial charge is 0.480 e. The fourth-order valence-electron chi connectivity index (χ4n) is 0.883. The van der Waals surface area contributed by atoms with Gasteiger partial charge in [-0.05, 0) is 6.92 Å². The quantitative estimate of drug-likeness (QED) is 0.594. The average Bonchev–Trinajstić information content (AvgIpc) is 2.15. The number of carbonyl (C=O) groups is 2. The number of hydrogen-bond donors (Lipinski definition) is 2. The van der Waals surface area contributed by atoms with Crippen LogP contribution in [0.1, 0.15) is 13.8 Å². The number of amides is 1. The maximum absolute atomic E-state index is 10.7. The summed E-state index contributed by atoms with van der Waals surface area (Å²) in [4.78, 5) is 21.4. The molecule has 0 aromatic carbocycles. The highest BCUT2D eigenvalue weighted by molar-refractivity contribution is 7.99. The van der Waals surface area contributed by atoms with Gasteiger partial charge in [-0.2, -0.15) is 11.8 Å². The molecule has 0 unspecified atom stereocenters. The second kappa shape index (κ2) is 8.55. The van der Waals surface area contributed by atoms with Crippen LogP contribution in [0.5, 0.6) is 0 Å². The van der Waals surface area contributed by atoms with Gasteiger partial charge in [0, 0.05) is 25.0 Å². The van der Waals surface area contributed by atoms with Crippen molar-refractivity contribution in [1.82, 2.24) is 5.32 Å². The van der Waals surface area contributed by atoms with Gasteiger partial charge in [-0.15, -0.1) is 0 Å². The molecule has 0 saturated carbocycles. The SMILES string of the molecule is CCOCCSC[C@H](NC(C)=O)C(=O)O. The Hall–Kier alpha value is -0.750. The predicted molar refractivity (Wildman–Crippen MR) is 59.1 cm³/mol. The summed E-state index contributed by atoms with van der Waals surface area (Å²) in [6, 6.07) is -0.811. The minimum atomic E-state index is -1.01. The first-order chi connectivity index (χ1) is 7.07. The van der Waals surface area contributed by atoms with E-state index in [9.17, 15) is 9.59 Å². The molecule has 0 aromatic heterocycles. The molecule has 2 N–H and O–H groups in total. The monoisotopic (exact) mass is 235 g/mol. The van der Waals surface area contributed by atoms with Gasteiger partial charge in [0.2, 0.25) is 5.91 Å². The molecule has 1 amide bonds. The highest BCUT2D eigenvalue weighted by Crippen LogP contribution is 2.03. The van der Waals surface area contributed by atoms with Crippen LogP contribution >= 0.6 is 11.8 Å². The molecule has 0 spiro atoms. The van der Waals surface area contributed by atoms with Crippen LogP contribution in [-0.4, -0.2) is 47.7 Å². The summed E-state index contributed by atoms with van der Waals surface area (Å²) in [6.07, 6.45) is 0. The second-order valence-corrected chi connectivity index (χ2v) is 4.01. The summed E-state index contributed by atoms with van der Waals surface area (Å²) >= 11 is 1.45. The van der Waals surface area contributed by atoms with Gasteiger partial charge in [-0.3, -0.25) is 4.79 Å². The van der Waals surface area contributed by atoms with E-state index in [1.807, 2.05) is 6.92 Å². The number of nitrogens with one attached hydrogen (secondary N) is 1. The summed E-state index contributed by atoms with van der Waals surface area (Å²) in [5.74, 6) is -0.235.